The van der Waals surface area contributed by atoms with Crippen LogP contribution in [0.15, 0.2) is 5.10 Å². The van der Waals surface area contributed by atoms with Crippen LogP contribution in [0.25, 0.3) is 0 Å². The van der Waals surface area contributed by atoms with Crippen LogP contribution in [-0.4, -0.2) is 38.4 Å². The summed E-state index contributed by atoms with van der Waals surface area (Å²) < 4.78 is 4.50. The fourth-order valence-electron chi connectivity index (χ4n) is 0.480. The average Bonchev–Trinajstić information content (AvgIpc) is 1.98. The number of methoxy groups -OCH3 is 1. The maximum Gasteiger partial charge on any atom is 0.313 e. The van der Waals surface area contributed by atoms with Gasteiger partial charge in [0.2, 0.25) is 0 Å². The van der Waals surface area contributed by atoms with Gasteiger partial charge in [0, 0.05) is 20.3 Å². The van der Waals surface area contributed by atoms with Crippen molar-refractivity contribution < 1.29 is 9.53 Å². The van der Waals surface area contributed by atoms with E-state index in [9.17, 15) is 4.79 Å². The van der Waals surface area contributed by atoms with Crippen molar-refractivity contribution in [3.63, 3.8) is 0 Å². The second-order valence-corrected chi connectivity index (χ2v) is 2.42. The van der Waals surface area contributed by atoms with Gasteiger partial charge in [-0.05, 0) is 6.92 Å². The van der Waals surface area contributed by atoms with Crippen molar-refractivity contribution >= 4 is 12.2 Å². The van der Waals surface area contributed by atoms with Crippen LogP contribution in [-0.2, 0) is 9.53 Å². The molecular weight excluding hydrogens is 144 g/mol. The summed E-state index contributed by atoms with van der Waals surface area (Å²) in [7, 11) is 4.95. The quantitative estimate of drug-likeness (QED) is 0.338. The molecule has 64 valence electrons. The lowest BCUT2D eigenvalue weighted by Crippen LogP contribution is -2.15. The molecule has 0 aliphatic heterocycles. The predicted molar refractivity (Wildman–Crippen MR) is 43.4 cm³/mol. The largest absolute Gasteiger partial charge is 0.469 e. The molecule has 4 heteroatoms. The van der Waals surface area contributed by atoms with Crippen molar-refractivity contribution in [3.8, 4) is 0 Å². The third kappa shape index (κ3) is 4.36. The number of esters is 1. The molecule has 0 rings (SSSR count). The minimum absolute atomic E-state index is 0.268. The summed E-state index contributed by atoms with van der Waals surface area (Å²) in [6.45, 7) is 1.73. The molecule has 1 unspecified atom stereocenters. The lowest BCUT2D eigenvalue weighted by atomic mass is 10.2. The molecule has 0 aliphatic carbocycles. The zero-order valence-corrected chi connectivity index (χ0v) is 7.37. The molecule has 0 fully saturated rings. The molecule has 11 heavy (non-hydrogen) atoms. The van der Waals surface area contributed by atoms with Crippen LogP contribution < -0.4 is 0 Å². The van der Waals surface area contributed by atoms with Crippen LogP contribution in [0.1, 0.15) is 6.92 Å². The fourth-order valence-corrected chi connectivity index (χ4v) is 0.480. The topological polar surface area (TPSA) is 41.9 Å². The highest BCUT2D eigenvalue weighted by Gasteiger charge is 2.08. The maximum atomic E-state index is 10.8. The number of hydrazone groups is 1. The van der Waals surface area contributed by atoms with Gasteiger partial charge in [0.15, 0.2) is 0 Å². The average molecular weight is 158 g/mol. The second-order valence-electron chi connectivity index (χ2n) is 2.42. The molecule has 1 atom stereocenters. The van der Waals surface area contributed by atoms with Crippen LogP contribution in [0.2, 0.25) is 0 Å². The Bertz CT molecular complexity index is 155. The number of carbonyl (C=O) groups is 1. The van der Waals surface area contributed by atoms with E-state index in [0.717, 1.165) is 0 Å². The number of carbonyl (C=O) groups excluding carboxylic acids is 1. The molecule has 0 radical (unpaired) electrons. The number of ether oxygens (including phenoxy) is 1. The first-order valence-electron chi connectivity index (χ1n) is 3.37. The molecule has 0 aromatic heterocycles. The van der Waals surface area contributed by atoms with E-state index in [0.29, 0.717) is 0 Å². The first-order valence-corrected chi connectivity index (χ1v) is 3.37. The molecule has 0 saturated heterocycles. The number of hydrogen-bond donors (Lipinski definition) is 0. The Hall–Kier alpha value is -1.06. The van der Waals surface area contributed by atoms with Crippen molar-refractivity contribution in [1.82, 2.24) is 5.01 Å². The van der Waals surface area contributed by atoms with E-state index < -0.39 is 0 Å². The molecule has 0 amide bonds. The highest BCUT2D eigenvalue weighted by atomic mass is 16.5. The molecular formula is C7H14N2O2. The lowest BCUT2D eigenvalue weighted by Gasteiger charge is -2.05. The lowest BCUT2D eigenvalue weighted by molar-refractivity contribution is -0.142. The summed E-state index contributed by atoms with van der Waals surface area (Å²) in [5.74, 6) is -0.544. The van der Waals surface area contributed by atoms with Crippen molar-refractivity contribution in [3.05, 3.63) is 0 Å². The van der Waals surface area contributed by atoms with Gasteiger partial charge in [-0.25, -0.2) is 0 Å². The van der Waals surface area contributed by atoms with E-state index >= 15 is 0 Å². The minimum Gasteiger partial charge on any atom is -0.469 e. The van der Waals surface area contributed by atoms with E-state index in [1.54, 1.807) is 32.2 Å². The van der Waals surface area contributed by atoms with Crippen LogP contribution in [0, 0.1) is 5.92 Å². The highest BCUT2D eigenvalue weighted by molar-refractivity contribution is 5.89. The normalized spacial score (nSPS) is 13.1. The second kappa shape index (κ2) is 4.71. The van der Waals surface area contributed by atoms with Crippen molar-refractivity contribution in [2.45, 2.75) is 6.92 Å². The number of nitrogens with zero attached hydrogens (tertiary/aromatic N) is 2. The van der Waals surface area contributed by atoms with Gasteiger partial charge >= 0.3 is 5.97 Å². The Morgan fingerprint density at radius 2 is 2.18 bits per heavy atom. The van der Waals surface area contributed by atoms with Crippen molar-refractivity contribution in [1.29, 1.82) is 0 Å². The minimum atomic E-state index is -0.276. The summed E-state index contributed by atoms with van der Waals surface area (Å²) in [6, 6.07) is 0. The third-order valence-corrected chi connectivity index (χ3v) is 1.09. The summed E-state index contributed by atoms with van der Waals surface area (Å²) in [5.41, 5.74) is 0. The van der Waals surface area contributed by atoms with Crippen LogP contribution >= 0.6 is 0 Å². The van der Waals surface area contributed by atoms with Crippen LogP contribution in [0.4, 0.5) is 0 Å². The molecule has 4 nitrogen and oxygen atoms in total. The molecule has 0 aromatic carbocycles. The van der Waals surface area contributed by atoms with E-state index in [2.05, 4.69) is 9.84 Å². The predicted octanol–water partition coefficient (Wildman–Crippen LogP) is 0.343. The Labute approximate surface area is 66.8 Å². The van der Waals surface area contributed by atoms with Crippen molar-refractivity contribution in [2.24, 2.45) is 11.0 Å². The van der Waals surface area contributed by atoms with E-state index in [4.69, 9.17) is 0 Å². The first-order chi connectivity index (χ1) is 5.07. The molecule has 0 saturated carbocycles. The van der Waals surface area contributed by atoms with E-state index in [1.165, 1.54) is 7.11 Å². The van der Waals surface area contributed by atoms with Gasteiger partial charge in [-0.3, -0.25) is 4.79 Å². The van der Waals surface area contributed by atoms with Gasteiger partial charge in [0.25, 0.3) is 0 Å². The van der Waals surface area contributed by atoms with Gasteiger partial charge < -0.3 is 9.75 Å². The van der Waals surface area contributed by atoms with Crippen molar-refractivity contribution in [2.75, 3.05) is 21.2 Å². The summed E-state index contributed by atoms with van der Waals surface area (Å²) in [4.78, 5) is 10.8. The number of hydrogen-bond acceptors (Lipinski definition) is 4. The summed E-state index contributed by atoms with van der Waals surface area (Å²) in [6.07, 6.45) is 1.55. The Morgan fingerprint density at radius 1 is 1.64 bits per heavy atom. The molecule has 0 bridgehead atoms. The van der Waals surface area contributed by atoms with Gasteiger partial charge in [-0.2, -0.15) is 5.10 Å². The highest BCUT2D eigenvalue weighted by Crippen LogP contribution is 1.93. The molecule has 0 N–H and O–H groups in total. The molecule has 0 heterocycles. The Balaban J connectivity index is 3.86. The van der Waals surface area contributed by atoms with Crippen LogP contribution in [0.5, 0.6) is 0 Å². The summed E-state index contributed by atoms with van der Waals surface area (Å²) >= 11 is 0. The van der Waals surface area contributed by atoms with Gasteiger partial charge in [-0.1, -0.05) is 0 Å². The van der Waals surface area contributed by atoms with Gasteiger partial charge in [0.05, 0.1) is 13.0 Å². The monoisotopic (exact) mass is 158 g/mol. The van der Waals surface area contributed by atoms with E-state index in [1.807, 2.05) is 0 Å². The third-order valence-electron chi connectivity index (χ3n) is 1.09. The molecule has 0 aliphatic rings. The van der Waals surface area contributed by atoms with Gasteiger partial charge in [0.1, 0.15) is 0 Å². The molecule has 0 aromatic rings. The first kappa shape index (κ1) is 9.94. The summed E-state index contributed by atoms with van der Waals surface area (Å²) in [5, 5.41) is 5.53. The SMILES string of the molecule is COC(=O)C(C)/C=N/N(C)C. The smallest absolute Gasteiger partial charge is 0.313 e. The molecule has 0 spiro atoms. The zero-order valence-electron chi connectivity index (χ0n) is 7.37. The van der Waals surface area contributed by atoms with Gasteiger partial charge in [-0.15, -0.1) is 0 Å². The fraction of sp³-hybridized carbons (Fsp3) is 0.714. The van der Waals surface area contributed by atoms with E-state index in [-0.39, 0.29) is 11.9 Å². The maximum absolute atomic E-state index is 10.8. The standard InChI is InChI=1S/C7H14N2O2/c1-6(7(10)11-4)5-8-9(2)3/h5-6H,1-4H3/b8-5+. The Kier molecular flexibility index (Phi) is 4.26. The Morgan fingerprint density at radius 3 is 2.55 bits per heavy atom. The van der Waals surface area contributed by atoms with Crippen LogP contribution in [0.3, 0.4) is 0 Å². The zero-order chi connectivity index (χ0) is 8.85. The number of rotatable bonds is 3.